The smallest absolute Gasteiger partial charge is 0.233 e. The van der Waals surface area contributed by atoms with Crippen molar-refractivity contribution in [2.24, 2.45) is 0 Å². The van der Waals surface area contributed by atoms with Crippen molar-refractivity contribution in [3.05, 3.63) is 144 Å². The Morgan fingerprint density at radius 1 is 0.561 bits per heavy atom. The molecule has 4 aromatic carbocycles. The first-order valence-corrected chi connectivity index (χ1v) is 14.1. The summed E-state index contributed by atoms with van der Waals surface area (Å²) in [6.07, 6.45) is 0.101. The average Bonchev–Trinajstić information content (AvgIpc) is 3.04. The van der Waals surface area contributed by atoms with E-state index in [1.54, 1.807) is 0 Å². The SMILES string of the molecule is CCC(OCc1ccccc1)C(OCc1ccccc1)C(CN(C=O)OCc1ccccc1)OCc1ccccc1. The molecule has 0 saturated carbocycles. The van der Waals surface area contributed by atoms with Gasteiger partial charge < -0.3 is 14.2 Å². The third-order valence-electron chi connectivity index (χ3n) is 6.75. The van der Waals surface area contributed by atoms with Gasteiger partial charge in [-0.15, -0.1) is 0 Å². The van der Waals surface area contributed by atoms with Crippen LogP contribution >= 0.6 is 0 Å². The number of amides is 1. The molecule has 6 heteroatoms. The van der Waals surface area contributed by atoms with Crippen molar-refractivity contribution < 1.29 is 23.8 Å². The maximum absolute atomic E-state index is 12.2. The fraction of sp³-hybridized carbons (Fsp3) is 0.286. The second kappa shape index (κ2) is 17.1. The van der Waals surface area contributed by atoms with Crippen LogP contribution in [0.25, 0.3) is 0 Å². The number of carbonyl (C=O) groups is 1. The molecule has 3 unspecified atom stereocenters. The lowest BCUT2D eigenvalue weighted by Gasteiger charge is -2.35. The van der Waals surface area contributed by atoms with Crippen LogP contribution in [0.2, 0.25) is 0 Å². The van der Waals surface area contributed by atoms with Crippen LogP contribution < -0.4 is 0 Å². The minimum Gasteiger partial charge on any atom is -0.371 e. The third-order valence-corrected chi connectivity index (χ3v) is 6.75. The first-order valence-electron chi connectivity index (χ1n) is 14.1. The second-order valence-corrected chi connectivity index (χ2v) is 9.80. The van der Waals surface area contributed by atoms with Gasteiger partial charge in [-0.1, -0.05) is 128 Å². The van der Waals surface area contributed by atoms with Crippen LogP contribution in [-0.4, -0.2) is 36.3 Å². The summed E-state index contributed by atoms with van der Waals surface area (Å²) < 4.78 is 19.5. The molecule has 0 aliphatic rings. The van der Waals surface area contributed by atoms with Crippen molar-refractivity contribution in [1.29, 1.82) is 0 Å². The minimum atomic E-state index is -0.527. The highest BCUT2D eigenvalue weighted by molar-refractivity contribution is 5.45. The molecule has 0 heterocycles. The number of hydrogen-bond acceptors (Lipinski definition) is 5. The summed E-state index contributed by atoms with van der Waals surface area (Å²) in [6.45, 7) is 3.70. The maximum atomic E-state index is 12.2. The van der Waals surface area contributed by atoms with Crippen molar-refractivity contribution in [3.63, 3.8) is 0 Å². The Hall–Kier alpha value is -3.81. The molecule has 41 heavy (non-hydrogen) atoms. The van der Waals surface area contributed by atoms with E-state index < -0.39 is 12.2 Å². The van der Waals surface area contributed by atoms with E-state index in [2.05, 4.69) is 6.92 Å². The normalized spacial score (nSPS) is 13.3. The predicted octanol–water partition coefficient (Wildman–Crippen LogP) is 6.74. The fourth-order valence-electron chi connectivity index (χ4n) is 4.51. The summed E-state index contributed by atoms with van der Waals surface area (Å²) in [7, 11) is 0. The summed E-state index contributed by atoms with van der Waals surface area (Å²) in [6, 6.07) is 39.8. The highest BCUT2D eigenvalue weighted by Gasteiger charge is 2.33. The minimum absolute atomic E-state index is 0.174. The number of hydrogen-bond donors (Lipinski definition) is 0. The molecule has 0 bridgehead atoms. The van der Waals surface area contributed by atoms with E-state index in [0.717, 1.165) is 22.3 Å². The van der Waals surface area contributed by atoms with Crippen LogP contribution in [0.5, 0.6) is 0 Å². The summed E-state index contributed by atoms with van der Waals surface area (Å²) in [5, 5.41) is 1.30. The molecule has 0 N–H and O–H groups in total. The van der Waals surface area contributed by atoms with Gasteiger partial charge in [-0.25, -0.2) is 5.06 Å². The van der Waals surface area contributed by atoms with E-state index >= 15 is 0 Å². The first kappa shape index (κ1) is 30.2. The van der Waals surface area contributed by atoms with Crippen molar-refractivity contribution >= 4 is 6.41 Å². The number of nitrogens with zero attached hydrogens (tertiary/aromatic N) is 1. The molecule has 0 spiro atoms. The van der Waals surface area contributed by atoms with Crippen molar-refractivity contribution in [2.75, 3.05) is 6.54 Å². The van der Waals surface area contributed by atoms with Gasteiger partial charge >= 0.3 is 0 Å². The van der Waals surface area contributed by atoms with E-state index in [0.29, 0.717) is 32.7 Å². The van der Waals surface area contributed by atoms with E-state index in [4.69, 9.17) is 19.0 Å². The molecule has 214 valence electrons. The molecule has 1 amide bonds. The molecule has 6 nitrogen and oxygen atoms in total. The van der Waals surface area contributed by atoms with Gasteiger partial charge in [-0.3, -0.25) is 9.63 Å². The molecule has 0 aromatic heterocycles. The lowest BCUT2D eigenvalue weighted by molar-refractivity contribution is -0.208. The molecular formula is C35H39NO5. The second-order valence-electron chi connectivity index (χ2n) is 9.80. The lowest BCUT2D eigenvalue weighted by atomic mass is 10.0. The molecule has 4 rings (SSSR count). The van der Waals surface area contributed by atoms with Crippen molar-refractivity contribution in [3.8, 4) is 0 Å². The summed E-state index contributed by atoms with van der Waals surface area (Å²) in [4.78, 5) is 18.1. The molecule has 4 aromatic rings. The topological polar surface area (TPSA) is 57.2 Å². The van der Waals surface area contributed by atoms with Crippen molar-refractivity contribution in [2.45, 2.75) is 58.1 Å². The quantitative estimate of drug-likeness (QED) is 0.101. The van der Waals surface area contributed by atoms with Gasteiger partial charge in [0.15, 0.2) is 0 Å². The molecule has 0 aliphatic heterocycles. The number of hydroxylamine groups is 2. The number of rotatable bonds is 18. The monoisotopic (exact) mass is 553 g/mol. The van der Waals surface area contributed by atoms with Crippen LogP contribution in [0.15, 0.2) is 121 Å². The zero-order valence-corrected chi connectivity index (χ0v) is 23.6. The van der Waals surface area contributed by atoms with Crippen LogP contribution in [0, 0.1) is 0 Å². The molecule has 3 atom stereocenters. The van der Waals surface area contributed by atoms with Gasteiger partial charge in [0.2, 0.25) is 6.41 Å². The molecule has 0 fully saturated rings. The Labute approximate surface area is 243 Å². The van der Waals surface area contributed by atoms with Crippen molar-refractivity contribution in [1.82, 2.24) is 5.06 Å². The lowest BCUT2D eigenvalue weighted by Crippen LogP contribution is -2.48. The molecular weight excluding hydrogens is 514 g/mol. The van der Waals surface area contributed by atoms with E-state index in [-0.39, 0.29) is 19.3 Å². The van der Waals surface area contributed by atoms with Gasteiger partial charge in [0.05, 0.1) is 32.5 Å². The number of benzene rings is 4. The largest absolute Gasteiger partial charge is 0.371 e. The summed E-state index contributed by atoms with van der Waals surface area (Å²) in [5.74, 6) is 0. The number of carbonyl (C=O) groups excluding carboxylic acids is 1. The predicted molar refractivity (Wildman–Crippen MR) is 159 cm³/mol. The van der Waals surface area contributed by atoms with E-state index in [9.17, 15) is 4.79 Å². The number of ether oxygens (including phenoxy) is 3. The molecule has 0 saturated heterocycles. The first-order chi connectivity index (χ1) is 20.2. The van der Waals surface area contributed by atoms with Gasteiger partial charge in [0, 0.05) is 0 Å². The zero-order chi connectivity index (χ0) is 28.5. The van der Waals surface area contributed by atoms with Crippen LogP contribution in [0.4, 0.5) is 0 Å². The van der Waals surface area contributed by atoms with Gasteiger partial charge in [-0.2, -0.15) is 0 Å². The highest BCUT2D eigenvalue weighted by atomic mass is 16.7. The van der Waals surface area contributed by atoms with E-state index in [1.807, 2.05) is 121 Å². The summed E-state index contributed by atoms with van der Waals surface area (Å²) in [5.41, 5.74) is 4.12. The third kappa shape index (κ3) is 10.3. The van der Waals surface area contributed by atoms with Gasteiger partial charge in [0.25, 0.3) is 0 Å². The van der Waals surface area contributed by atoms with E-state index in [1.165, 1.54) is 5.06 Å². The Morgan fingerprint density at radius 3 is 1.37 bits per heavy atom. The Kier molecular flexibility index (Phi) is 12.6. The van der Waals surface area contributed by atoms with Crippen LogP contribution in [-0.2, 0) is 50.3 Å². The Bertz CT molecular complexity index is 1240. The Balaban J connectivity index is 1.55. The highest BCUT2D eigenvalue weighted by Crippen LogP contribution is 2.21. The van der Waals surface area contributed by atoms with Crippen LogP contribution in [0.3, 0.4) is 0 Å². The zero-order valence-electron chi connectivity index (χ0n) is 23.6. The van der Waals surface area contributed by atoms with Gasteiger partial charge in [-0.05, 0) is 28.7 Å². The summed E-state index contributed by atoms with van der Waals surface area (Å²) >= 11 is 0. The standard InChI is InChI=1S/C35H39NO5/c1-2-33(38-24-29-15-7-3-8-16-29)35(40-26-31-19-11-5-12-20-31)34(39-25-30-17-9-4-10-18-30)23-36(28-37)41-27-32-21-13-6-14-22-32/h3-22,28,33-35H,2,23-27H2,1H3. The van der Waals surface area contributed by atoms with Gasteiger partial charge in [0.1, 0.15) is 18.8 Å². The fourth-order valence-corrected chi connectivity index (χ4v) is 4.51. The molecule has 0 radical (unpaired) electrons. The Morgan fingerprint density at radius 2 is 0.951 bits per heavy atom. The average molecular weight is 554 g/mol. The maximum Gasteiger partial charge on any atom is 0.233 e. The molecule has 0 aliphatic carbocycles. The van der Waals surface area contributed by atoms with Crippen LogP contribution in [0.1, 0.15) is 35.6 Å².